The summed E-state index contributed by atoms with van der Waals surface area (Å²) in [5.41, 5.74) is 2.32. The van der Waals surface area contributed by atoms with E-state index in [1.165, 1.54) is 16.4 Å². The average Bonchev–Trinajstić information content (AvgIpc) is 2.63. The van der Waals surface area contributed by atoms with Gasteiger partial charge < -0.3 is 5.32 Å². The molecule has 1 atom stereocenters. The van der Waals surface area contributed by atoms with Crippen LogP contribution >= 0.6 is 0 Å². The zero-order chi connectivity index (χ0) is 22.5. The van der Waals surface area contributed by atoms with Gasteiger partial charge in [0.05, 0.1) is 22.9 Å². The fourth-order valence-electron chi connectivity index (χ4n) is 3.05. The van der Waals surface area contributed by atoms with Crippen molar-refractivity contribution in [2.45, 2.75) is 37.6 Å². The molecule has 0 unspecified atom stereocenters. The van der Waals surface area contributed by atoms with Gasteiger partial charge in [0.25, 0.3) is 0 Å². The first-order chi connectivity index (χ1) is 13.9. The van der Waals surface area contributed by atoms with Crippen molar-refractivity contribution in [3.05, 3.63) is 59.7 Å². The molecule has 164 valence electrons. The quantitative estimate of drug-likeness (QED) is 0.631. The Kier molecular flexibility index (Phi) is 7.65. The third-order valence-electron chi connectivity index (χ3n) is 4.64. The van der Waals surface area contributed by atoms with Crippen LogP contribution in [0.3, 0.4) is 0 Å². The van der Waals surface area contributed by atoms with E-state index in [0.717, 1.165) is 23.6 Å². The summed E-state index contributed by atoms with van der Waals surface area (Å²) in [5, 5.41) is 2.86. The van der Waals surface area contributed by atoms with Gasteiger partial charge in [0, 0.05) is 19.2 Å². The maximum absolute atomic E-state index is 12.3. The van der Waals surface area contributed by atoms with Crippen molar-refractivity contribution >= 4 is 31.5 Å². The van der Waals surface area contributed by atoms with Gasteiger partial charge in [-0.25, -0.2) is 16.8 Å². The molecule has 0 aromatic heterocycles. The van der Waals surface area contributed by atoms with E-state index >= 15 is 0 Å². The van der Waals surface area contributed by atoms with Gasteiger partial charge in [-0.15, -0.1) is 0 Å². The molecule has 0 saturated heterocycles. The van der Waals surface area contributed by atoms with Gasteiger partial charge >= 0.3 is 0 Å². The summed E-state index contributed by atoms with van der Waals surface area (Å²) in [4.78, 5) is 12.5. The molecule has 9 heteroatoms. The standard InChI is InChI=1S/C21H28N2O5S2/c1-16-7-5-8-19(15-16)23(30(4,27)28)14-6-9-21(24)22-17(2)18-10-12-20(13-11-18)29(3,25)26/h5,7-8,10-13,15,17H,6,9,14H2,1-4H3,(H,22,24)/t17-/m0/s1. The Balaban J connectivity index is 1.94. The van der Waals surface area contributed by atoms with Crippen LogP contribution in [0.2, 0.25) is 0 Å². The lowest BCUT2D eigenvalue weighted by atomic mass is 10.1. The summed E-state index contributed by atoms with van der Waals surface area (Å²) in [7, 11) is -6.73. The topological polar surface area (TPSA) is 101 Å². The molecule has 1 amide bonds. The molecule has 7 nitrogen and oxygen atoms in total. The summed E-state index contributed by atoms with van der Waals surface area (Å²) in [6.45, 7) is 3.90. The number of nitrogens with zero attached hydrogens (tertiary/aromatic N) is 1. The predicted molar refractivity (Wildman–Crippen MR) is 119 cm³/mol. The molecule has 2 aromatic carbocycles. The lowest BCUT2D eigenvalue weighted by molar-refractivity contribution is -0.121. The van der Waals surface area contributed by atoms with Crippen LogP contribution in [0.5, 0.6) is 0 Å². The summed E-state index contributed by atoms with van der Waals surface area (Å²) >= 11 is 0. The molecule has 0 radical (unpaired) electrons. The monoisotopic (exact) mass is 452 g/mol. The summed E-state index contributed by atoms with van der Waals surface area (Å²) in [5.74, 6) is -0.201. The molecule has 2 rings (SSSR count). The van der Waals surface area contributed by atoms with Gasteiger partial charge in [0.1, 0.15) is 0 Å². The first-order valence-electron chi connectivity index (χ1n) is 9.51. The summed E-state index contributed by atoms with van der Waals surface area (Å²) in [6.07, 6.45) is 2.83. The SMILES string of the molecule is Cc1cccc(N(CCCC(=O)N[C@@H](C)c2ccc(S(C)(=O)=O)cc2)S(C)(=O)=O)c1. The largest absolute Gasteiger partial charge is 0.350 e. The number of rotatable bonds is 9. The lowest BCUT2D eigenvalue weighted by Crippen LogP contribution is -2.32. The minimum Gasteiger partial charge on any atom is -0.350 e. The van der Waals surface area contributed by atoms with Gasteiger partial charge in [0.15, 0.2) is 9.84 Å². The molecular weight excluding hydrogens is 424 g/mol. The van der Waals surface area contributed by atoms with Crippen molar-refractivity contribution in [3.8, 4) is 0 Å². The molecule has 0 spiro atoms. The second-order valence-electron chi connectivity index (χ2n) is 7.41. The fourth-order valence-corrected chi connectivity index (χ4v) is 4.64. The number of hydrogen-bond acceptors (Lipinski definition) is 5. The normalized spacial score (nSPS) is 12.9. The smallest absolute Gasteiger partial charge is 0.232 e. The van der Waals surface area contributed by atoms with E-state index in [1.807, 2.05) is 19.9 Å². The van der Waals surface area contributed by atoms with Gasteiger partial charge in [-0.3, -0.25) is 9.10 Å². The zero-order valence-electron chi connectivity index (χ0n) is 17.6. The van der Waals surface area contributed by atoms with Crippen molar-refractivity contribution in [1.29, 1.82) is 0 Å². The maximum atomic E-state index is 12.3. The number of benzene rings is 2. The second-order valence-corrected chi connectivity index (χ2v) is 11.3. The zero-order valence-corrected chi connectivity index (χ0v) is 19.3. The lowest BCUT2D eigenvalue weighted by Gasteiger charge is -2.23. The van der Waals surface area contributed by atoms with Crippen LogP contribution in [-0.2, 0) is 24.7 Å². The average molecular weight is 453 g/mol. The van der Waals surface area contributed by atoms with Crippen LogP contribution in [0.4, 0.5) is 5.69 Å². The highest BCUT2D eigenvalue weighted by Crippen LogP contribution is 2.20. The van der Waals surface area contributed by atoms with Crippen LogP contribution in [0, 0.1) is 6.92 Å². The molecule has 30 heavy (non-hydrogen) atoms. The van der Waals surface area contributed by atoms with Gasteiger partial charge in [-0.2, -0.15) is 0 Å². The number of carbonyl (C=O) groups is 1. The Hall–Kier alpha value is -2.39. The van der Waals surface area contributed by atoms with Crippen molar-refractivity contribution < 1.29 is 21.6 Å². The van der Waals surface area contributed by atoms with Crippen molar-refractivity contribution in [3.63, 3.8) is 0 Å². The summed E-state index contributed by atoms with van der Waals surface area (Å²) < 4.78 is 48.7. The fraction of sp³-hybridized carbons (Fsp3) is 0.381. The Morgan fingerprint density at radius 2 is 1.67 bits per heavy atom. The van der Waals surface area contributed by atoms with E-state index < -0.39 is 19.9 Å². The van der Waals surface area contributed by atoms with Crippen molar-refractivity contribution in [2.75, 3.05) is 23.4 Å². The highest BCUT2D eigenvalue weighted by atomic mass is 32.2. The third-order valence-corrected chi connectivity index (χ3v) is 6.96. The molecule has 0 aliphatic rings. The Morgan fingerprint density at radius 3 is 2.20 bits per heavy atom. The number of sulfonamides is 1. The van der Waals surface area contributed by atoms with Crippen molar-refractivity contribution in [1.82, 2.24) is 5.32 Å². The molecule has 0 aliphatic carbocycles. The van der Waals surface area contributed by atoms with Crippen LogP contribution in [-0.4, -0.2) is 41.8 Å². The van der Waals surface area contributed by atoms with E-state index in [1.54, 1.807) is 30.3 Å². The Bertz CT molecular complexity index is 1090. The molecule has 0 heterocycles. The molecule has 2 aromatic rings. The van der Waals surface area contributed by atoms with Crippen LogP contribution in [0.25, 0.3) is 0 Å². The minimum absolute atomic E-state index is 0.170. The van der Waals surface area contributed by atoms with Crippen LogP contribution in [0.1, 0.15) is 36.9 Å². The first-order valence-corrected chi connectivity index (χ1v) is 13.3. The number of carbonyl (C=O) groups excluding carboxylic acids is 1. The van der Waals surface area contributed by atoms with E-state index in [2.05, 4.69) is 5.32 Å². The van der Waals surface area contributed by atoms with Crippen LogP contribution < -0.4 is 9.62 Å². The first kappa shape index (κ1) is 23.9. The molecule has 0 fully saturated rings. The Labute approximate surface area is 179 Å². The molecule has 0 saturated carbocycles. The second kappa shape index (κ2) is 9.61. The molecule has 1 N–H and O–H groups in total. The van der Waals surface area contributed by atoms with E-state index in [4.69, 9.17) is 0 Å². The molecule has 0 aliphatic heterocycles. The number of amides is 1. The predicted octanol–water partition coefficient (Wildman–Crippen LogP) is 2.82. The van der Waals surface area contributed by atoms with E-state index in [9.17, 15) is 21.6 Å². The number of aryl methyl sites for hydroxylation is 1. The number of nitrogens with one attached hydrogen (secondary N) is 1. The highest BCUT2D eigenvalue weighted by Gasteiger charge is 2.18. The highest BCUT2D eigenvalue weighted by molar-refractivity contribution is 7.92. The maximum Gasteiger partial charge on any atom is 0.232 e. The summed E-state index contributed by atoms with van der Waals surface area (Å²) in [6, 6.07) is 13.3. The van der Waals surface area contributed by atoms with Crippen molar-refractivity contribution in [2.24, 2.45) is 0 Å². The Morgan fingerprint density at radius 1 is 1.03 bits per heavy atom. The molecule has 0 bridgehead atoms. The number of hydrogen-bond donors (Lipinski definition) is 1. The molecular formula is C21H28N2O5S2. The van der Waals surface area contributed by atoms with E-state index in [0.29, 0.717) is 12.1 Å². The third kappa shape index (κ3) is 6.84. The van der Waals surface area contributed by atoms with Gasteiger partial charge in [0.2, 0.25) is 15.9 Å². The van der Waals surface area contributed by atoms with Gasteiger partial charge in [-0.05, 0) is 55.7 Å². The van der Waals surface area contributed by atoms with Gasteiger partial charge in [-0.1, -0.05) is 24.3 Å². The minimum atomic E-state index is -3.46. The number of anilines is 1. The van der Waals surface area contributed by atoms with Crippen LogP contribution in [0.15, 0.2) is 53.4 Å². The number of sulfone groups is 1. The van der Waals surface area contributed by atoms with E-state index in [-0.39, 0.29) is 29.8 Å².